The Bertz CT molecular complexity index is 608. The van der Waals surface area contributed by atoms with E-state index in [1.165, 1.54) is 10.6 Å². The maximum atomic E-state index is 11.7. The fourth-order valence-electron chi connectivity index (χ4n) is 1.85. The predicted octanol–water partition coefficient (Wildman–Crippen LogP) is 0.992. The summed E-state index contributed by atoms with van der Waals surface area (Å²) in [4.78, 5) is 27.1. The van der Waals surface area contributed by atoms with Crippen LogP contribution in [0.1, 0.15) is 12.0 Å². The van der Waals surface area contributed by atoms with Gasteiger partial charge in [0.05, 0.1) is 0 Å². The molecule has 2 rings (SSSR count). The summed E-state index contributed by atoms with van der Waals surface area (Å²) in [5, 5.41) is 2.84. The van der Waals surface area contributed by atoms with Crippen molar-refractivity contribution < 1.29 is 4.79 Å². The third kappa shape index (κ3) is 4.35. The van der Waals surface area contributed by atoms with E-state index in [2.05, 4.69) is 10.3 Å². The van der Waals surface area contributed by atoms with Crippen LogP contribution >= 0.6 is 0 Å². The van der Waals surface area contributed by atoms with Crippen molar-refractivity contribution in [2.75, 3.05) is 6.54 Å². The molecule has 0 atom stereocenters. The molecule has 2 aromatic heterocycles. The molecule has 5 heteroatoms. The number of carbonyl (C=O) groups is 1. The standard InChI is InChI=1S/C15H17N3O2/c19-14(7-11-18-10-2-1-5-15(18)20)17-9-6-13-4-3-8-16-12-13/h1-5,8,10,12H,6-7,9,11H2,(H,17,19). The molecule has 0 radical (unpaired) electrons. The van der Waals surface area contributed by atoms with Gasteiger partial charge in [0.25, 0.3) is 5.56 Å². The van der Waals surface area contributed by atoms with E-state index < -0.39 is 0 Å². The monoisotopic (exact) mass is 271 g/mol. The minimum Gasteiger partial charge on any atom is -0.356 e. The topological polar surface area (TPSA) is 64.0 Å². The number of hydrogen-bond acceptors (Lipinski definition) is 3. The Kier molecular flexibility index (Phi) is 5.06. The zero-order chi connectivity index (χ0) is 14.2. The fourth-order valence-corrected chi connectivity index (χ4v) is 1.85. The van der Waals surface area contributed by atoms with Crippen molar-refractivity contribution in [3.63, 3.8) is 0 Å². The van der Waals surface area contributed by atoms with E-state index in [0.29, 0.717) is 19.5 Å². The Hall–Kier alpha value is -2.43. The minimum absolute atomic E-state index is 0.0513. The highest BCUT2D eigenvalue weighted by Gasteiger charge is 2.02. The van der Waals surface area contributed by atoms with Gasteiger partial charge in [-0.1, -0.05) is 12.1 Å². The van der Waals surface area contributed by atoms with E-state index in [-0.39, 0.29) is 11.5 Å². The third-order valence-corrected chi connectivity index (χ3v) is 2.94. The van der Waals surface area contributed by atoms with Crippen LogP contribution in [0.4, 0.5) is 0 Å². The Morgan fingerprint density at radius 1 is 1.25 bits per heavy atom. The summed E-state index contributed by atoms with van der Waals surface area (Å²) in [6.45, 7) is 0.979. The molecule has 0 saturated carbocycles. The van der Waals surface area contributed by atoms with Crippen molar-refractivity contribution in [1.82, 2.24) is 14.9 Å². The molecule has 1 amide bonds. The van der Waals surface area contributed by atoms with E-state index in [1.807, 2.05) is 12.1 Å². The van der Waals surface area contributed by atoms with Crippen LogP contribution in [0.5, 0.6) is 0 Å². The molecule has 2 heterocycles. The van der Waals surface area contributed by atoms with Crippen LogP contribution in [0.15, 0.2) is 53.7 Å². The van der Waals surface area contributed by atoms with Gasteiger partial charge in [-0.25, -0.2) is 0 Å². The summed E-state index contributed by atoms with van der Waals surface area (Å²) in [7, 11) is 0. The summed E-state index contributed by atoms with van der Waals surface area (Å²) in [6, 6.07) is 8.80. The summed E-state index contributed by atoms with van der Waals surface area (Å²) < 4.78 is 1.53. The maximum Gasteiger partial charge on any atom is 0.250 e. The van der Waals surface area contributed by atoms with Gasteiger partial charge >= 0.3 is 0 Å². The smallest absolute Gasteiger partial charge is 0.250 e. The summed E-state index contributed by atoms with van der Waals surface area (Å²) >= 11 is 0. The van der Waals surface area contributed by atoms with Gasteiger partial charge in [-0.2, -0.15) is 0 Å². The van der Waals surface area contributed by atoms with Crippen LogP contribution in [-0.4, -0.2) is 22.0 Å². The molecule has 0 bridgehead atoms. The van der Waals surface area contributed by atoms with Crippen molar-refractivity contribution >= 4 is 5.91 Å². The fraction of sp³-hybridized carbons (Fsp3) is 0.267. The highest BCUT2D eigenvalue weighted by atomic mass is 16.1. The first kappa shape index (κ1) is 14.0. The Morgan fingerprint density at radius 2 is 2.15 bits per heavy atom. The van der Waals surface area contributed by atoms with Gasteiger partial charge in [0.15, 0.2) is 0 Å². The zero-order valence-corrected chi connectivity index (χ0v) is 11.2. The number of hydrogen-bond donors (Lipinski definition) is 1. The molecule has 0 fully saturated rings. The van der Waals surface area contributed by atoms with E-state index >= 15 is 0 Å². The SMILES string of the molecule is O=C(CCn1ccccc1=O)NCCc1cccnc1. The Balaban J connectivity index is 1.71. The molecule has 0 unspecified atom stereocenters. The second kappa shape index (κ2) is 7.23. The molecule has 0 aliphatic rings. The molecular formula is C15H17N3O2. The summed E-state index contributed by atoms with van der Waals surface area (Å²) in [5.74, 6) is -0.0513. The average molecular weight is 271 g/mol. The van der Waals surface area contributed by atoms with Crippen molar-refractivity contribution in [3.05, 3.63) is 64.8 Å². The molecule has 104 valence electrons. The molecule has 0 aliphatic heterocycles. The Labute approximate surface area is 117 Å². The largest absolute Gasteiger partial charge is 0.356 e. The molecular weight excluding hydrogens is 254 g/mol. The number of nitrogens with zero attached hydrogens (tertiary/aromatic N) is 2. The van der Waals surface area contributed by atoms with Crippen LogP contribution < -0.4 is 10.9 Å². The van der Waals surface area contributed by atoms with E-state index in [9.17, 15) is 9.59 Å². The van der Waals surface area contributed by atoms with Crippen LogP contribution in [0.3, 0.4) is 0 Å². The van der Waals surface area contributed by atoms with Crippen molar-refractivity contribution in [2.24, 2.45) is 0 Å². The van der Waals surface area contributed by atoms with Crippen LogP contribution in [-0.2, 0) is 17.8 Å². The van der Waals surface area contributed by atoms with Gasteiger partial charge in [0.1, 0.15) is 0 Å². The van der Waals surface area contributed by atoms with E-state index in [4.69, 9.17) is 0 Å². The number of nitrogens with one attached hydrogen (secondary N) is 1. The third-order valence-electron chi connectivity index (χ3n) is 2.94. The number of carbonyl (C=O) groups excluding carboxylic acids is 1. The highest BCUT2D eigenvalue weighted by Crippen LogP contribution is 1.95. The molecule has 0 aromatic carbocycles. The molecule has 0 saturated heterocycles. The lowest BCUT2D eigenvalue weighted by Crippen LogP contribution is -2.28. The van der Waals surface area contributed by atoms with Crippen LogP contribution in [0.2, 0.25) is 0 Å². The molecule has 1 N–H and O–H groups in total. The van der Waals surface area contributed by atoms with Crippen LogP contribution in [0, 0.1) is 0 Å². The second-order valence-corrected chi connectivity index (χ2v) is 4.44. The lowest BCUT2D eigenvalue weighted by molar-refractivity contribution is -0.121. The van der Waals surface area contributed by atoms with Gasteiger partial charge in [-0.15, -0.1) is 0 Å². The average Bonchev–Trinajstić information content (AvgIpc) is 2.47. The van der Waals surface area contributed by atoms with E-state index in [0.717, 1.165) is 12.0 Å². The number of aryl methyl sites for hydroxylation is 1. The first-order valence-corrected chi connectivity index (χ1v) is 6.57. The first-order valence-electron chi connectivity index (χ1n) is 6.57. The van der Waals surface area contributed by atoms with Gasteiger partial charge in [0.2, 0.25) is 5.91 Å². The van der Waals surface area contributed by atoms with Crippen molar-refractivity contribution in [1.29, 1.82) is 0 Å². The van der Waals surface area contributed by atoms with Crippen molar-refractivity contribution in [2.45, 2.75) is 19.4 Å². The molecule has 5 nitrogen and oxygen atoms in total. The predicted molar refractivity (Wildman–Crippen MR) is 76.3 cm³/mol. The van der Waals surface area contributed by atoms with Gasteiger partial charge in [-0.3, -0.25) is 14.6 Å². The first-order chi connectivity index (χ1) is 9.75. The minimum atomic E-state index is -0.0874. The number of rotatable bonds is 6. The molecule has 0 spiro atoms. The lowest BCUT2D eigenvalue weighted by atomic mass is 10.2. The Morgan fingerprint density at radius 3 is 2.90 bits per heavy atom. The number of aromatic nitrogens is 2. The molecule has 20 heavy (non-hydrogen) atoms. The molecule has 0 aliphatic carbocycles. The van der Waals surface area contributed by atoms with Gasteiger partial charge in [0, 0.05) is 44.2 Å². The van der Waals surface area contributed by atoms with E-state index in [1.54, 1.807) is 30.7 Å². The quantitative estimate of drug-likeness (QED) is 0.852. The summed E-state index contributed by atoms with van der Waals surface area (Å²) in [5.41, 5.74) is 1.00. The number of pyridine rings is 2. The zero-order valence-electron chi connectivity index (χ0n) is 11.2. The van der Waals surface area contributed by atoms with Crippen LogP contribution in [0.25, 0.3) is 0 Å². The van der Waals surface area contributed by atoms with Gasteiger partial charge < -0.3 is 9.88 Å². The maximum absolute atomic E-state index is 11.7. The van der Waals surface area contributed by atoms with Crippen molar-refractivity contribution in [3.8, 4) is 0 Å². The summed E-state index contributed by atoms with van der Waals surface area (Å²) in [6.07, 6.45) is 6.25. The normalized spacial score (nSPS) is 10.2. The van der Waals surface area contributed by atoms with Gasteiger partial charge in [-0.05, 0) is 24.1 Å². The molecule has 2 aromatic rings. The lowest BCUT2D eigenvalue weighted by Gasteiger charge is -2.06. The highest BCUT2D eigenvalue weighted by molar-refractivity contribution is 5.75. The second-order valence-electron chi connectivity index (χ2n) is 4.44. The number of amides is 1.